The first-order chi connectivity index (χ1) is 14.7. The molecule has 0 saturated heterocycles. The van der Waals surface area contributed by atoms with Gasteiger partial charge in [0.15, 0.2) is 15.0 Å². The van der Waals surface area contributed by atoms with Crippen LogP contribution in [0.25, 0.3) is 10.3 Å². The van der Waals surface area contributed by atoms with Crippen molar-refractivity contribution in [3.8, 4) is 0 Å². The van der Waals surface area contributed by atoms with E-state index in [-0.39, 0.29) is 36.0 Å². The lowest BCUT2D eigenvalue weighted by atomic mass is 9.87. The highest BCUT2D eigenvalue weighted by Gasteiger charge is 2.37. The second kappa shape index (κ2) is 8.58. The topological polar surface area (TPSA) is 89.0 Å². The van der Waals surface area contributed by atoms with Crippen LogP contribution in [0.2, 0.25) is 0 Å². The SMILES string of the molecule is CS(=O)(=O)c1ccc(C(CC2C[C@@H](F)[C@@H](F)C2)C(=O)Nc2nc3cccnc3s2)cc1. The van der Waals surface area contributed by atoms with Gasteiger partial charge in [0, 0.05) is 12.5 Å². The number of halogens is 2. The number of carbonyl (C=O) groups is 1. The lowest BCUT2D eigenvalue weighted by Gasteiger charge is -2.20. The molecule has 4 atom stereocenters. The minimum atomic E-state index is -3.38. The average molecular weight is 466 g/mol. The van der Waals surface area contributed by atoms with Crippen molar-refractivity contribution in [3.63, 3.8) is 0 Å². The number of carbonyl (C=O) groups excluding carboxylic acids is 1. The Morgan fingerprint density at radius 2 is 1.87 bits per heavy atom. The Hall–Kier alpha value is -2.46. The molecule has 1 aliphatic carbocycles. The average Bonchev–Trinajstić information content (AvgIpc) is 3.27. The summed E-state index contributed by atoms with van der Waals surface area (Å²) < 4.78 is 50.9. The predicted molar refractivity (Wildman–Crippen MR) is 115 cm³/mol. The summed E-state index contributed by atoms with van der Waals surface area (Å²) >= 11 is 1.23. The van der Waals surface area contributed by atoms with E-state index in [1.807, 2.05) is 0 Å². The molecule has 1 fully saturated rings. The molecule has 1 aliphatic rings. The Morgan fingerprint density at radius 3 is 2.48 bits per heavy atom. The third kappa shape index (κ3) is 4.90. The maximum absolute atomic E-state index is 13.7. The lowest BCUT2D eigenvalue weighted by molar-refractivity contribution is -0.118. The molecule has 1 aromatic carbocycles. The number of sulfone groups is 1. The molecule has 3 aromatic rings. The van der Waals surface area contributed by atoms with Gasteiger partial charge in [-0.15, -0.1) is 0 Å². The molecule has 6 nitrogen and oxygen atoms in total. The summed E-state index contributed by atoms with van der Waals surface area (Å²) in [5, 5.41) is 3.18. The van der Waals surface area contributed by atoms with Crippen molar-refractivity contribution in [2.75, 3.05) is 11.6 Å². The largest absolute Gasteiger partial charge is 0.301 e. The first kappa shape index (κ1) is 21.8. The zero-order chi connectivity index (χ0) is 22.2. The zero-order valence-electron chi connectivity index (χ0n) is 16.7. The number of nitrogens with zero attached hydrogens (tertiary/aromatic N) is 2. The summed E-state index contributed by atoms with van der Waals surface area (Å²) in [5.41, 5.74) is 1.25. The van der Waals surface area contributed by atoms with E-state index in [2.05, 4.69) is 15.3 Å². The van der Waals surface area contributed by atoms with E-state index in [0.29, 0.717) is 21.0 Å². The molecular weight excluding hydrogens is 444 g/mol. The number of alkyl halides is 2. The summed E-state index contributed by atoms with van der Waals surface area (Å²) in [6.45, 7) is 0. The van der Waals surface area contributed by atoms with Gasteiger partial charge < -0.3 is 5.32 Å². The molecule has 1 amide bonds. The number of thiazole rings is 1. The summed E-state index contributed by atoms with van der Waals surface area (Å²) in [6, 6.07) is 9.58. The van der Waals surface area contributed by atoms with Crippen LogP contribution in [-0.2, 0) is 14.6 Å². The van der Waals surface area contributed by atoms with Crippen LogP contribution in [0.3, 0.4) is 0 Å². The number of pyridine rings is 1. The van der Waals surface area contributed by atoms with Gasteiger partial charge in [-0.25, -0.2) is 27.2 Å². The molecule has 1 N–H and O–H groups in total. The molecule has 0 spiro atoms. The maximum atomic E-state index is 13.7. The molecule has 10 heteroatoms. The molecule has 0 bridgehead atoms. The van der Waals surface area contributed by atoms with Crippen molar-refractivity contribution in [1.82, 2.24) is 9.97 Å². The van der Waals surface area contributed by atoms with Crippen LogP contribution in [0.1, 0.15) is 30.7 Å². The normalized spacial score (nSPS) is 22.5. The van der Waals surface area contributed by atoms with Gasteiger partial charge in [-0.05, 0) is 55.0 Å². The number of nitrogens with one attached hydrogen (secondary N) is 1. The van der Waals surface area contributed by atoms with Crippen LogP contribution in [0.4, 0.5) is 13.9 Å². The molecule has 164 valence electrons. The third-order valence-electron chi connectivity index (χ3n) is 5.50. The van der Waals surface area contributed by atoms with Crippen LogP contribution in [0.15, 0.2) is 47.5 Å². The second-order valence-corrected chi connectivity index (χ2v) is 10.8. The Balaban J connectivity index is 1.60. The van der Waals surface area contributed by atoms with Crippen molar-refractivity contribution in [2.45, 2.75) is 42.4 Å². The quantitative estimate of drug-likeness (QED) is 0.587. The van der Waals surface area contributed by atoms with E-state index in [1.54, 1.807) is 30.5 Å². The fourth-order valence-electron chi connectivity index (χ4n) is 3.91. The number of aromatic nitrogens is 2. The minimum Gasteiger partial charge on any atom is -0.301 e. The van der Waals surface area contributed by atoms with Crippen LogP contribution >= 0.6 is 11.3 Å². The van der Waals surface area contributed by atoms with Gasteiger partial charge in [0.05, 0.1) is 10.8 Å². The third-order valence-corrected chi connectivity index (χ3v) is 7.53. The summed E-state index contributed by atoms with van der Waals surface area (Å²) in [7, 11) is -3.38. The van der Waals surface area contributed by atoms with E-state index in [4.69, 9.17) is 0 Å². The number of hydrogen-bond acceptors (Lipinski definition) is 6. The highest BCUT2D eigenvalue weighted by molar-refractivity contribution is 7.90. The van der Waals surface area contributed by atoms with Gasteiger partial charge in [-0.1, -0.05) is 23.5 Å². The first-order valence-corrected chi connectivity index (χ1v) is 12.5. The van der Waals surface area contributed by atoms with Crippen LogP contribution in [0, 0.1) is 5.92 Å². The highest BCUT2D eigenvalue weighted by atomic mass is 32.2. The van der Waals surface area contributed by atoms with Gasteiger partial charge in [0.2, 0.25) is 5.91 Å². The predicted octanol–water partition coefficient (Wildman–Crippen LogP) is 4.29. The molecule has 1 saturated carbocycles. The Kier molecular flexibility index (Phi) is 6.02. The summed E-state index contributed by atoms with van der Waals surface area (Å²) in [6.07, 6.45) is 0.102. The molecule has 4 rings (SSSR count). The molecular formula is C21H21F2N3O3S2. The van der Waals surface area contributed by atoms with Gasteiger partial charge in [-0.2, -0.15) is 0 Å². The number of rotatable bonds is 6. The Morgan fingerprint density at radius 1 is 1.19 bits per heavy atom. The van der Waals surface area contributed by atoms with Crippen LogP contribution in [-0.4, -0.2) is 42.9 Å². The molecule has 0 radical (unpaired) electrons. The number of amides is 1. The smallest absolute Gasteiger partial charge is 0.233 e. The lowest BCUT2D eigenvalue weighted by Crippen LogP contribution is -2.23. The number of hydrogen-bond donors (Lipinski definition) is 1. The van der Waals surface area contributed by atoms with E-state index in [1.165, 1.54) is 23.5 Å². The van der Waals surface area contributed by atoms with E-state index >= 15 is 0 Å². The van der Waals surface area contributed by atoms with Crippen molar-refractivity contribution >= 4 is 42.6 Å². The molecule has 31 heavy (non-hydrogen) atoms. The fourth-order valence-corrected chi connectivity index (χ4v) is 5.35. The van der Waals surface area contributed by atoms with Gasteiger partial charge in [0.1, 0.15) is 22.7 Å². The Labute approximate surface area is 182 Å². The van der Waals surface area contributed by atoms with Crippen molar-refractivity contribution in [2.24, 2.45) is 5.92 Å². The number of benzene rings is 1. The highest BCUT2D eigenvalue weighted by Crippen LogP contribution is 2.38. The molecule has 2 heterocycles. The summed E-state index contributed by atoms with van der Waals surface area (Å²) in [5.74, 6) is -1.34. The fraction of sp³-hybridized carbons (Fsp3) is 0.381. The van der Waals surface area contributed by atoms with Gasteiger partial charge >= 0.3 is 0 Å². The second-order valence-electron chi connectivity index (χ2n) is 7.83. The van der Waals surface area contributed by atoms with E-state index < -0.39 is 28.1 Å². The van der Waals surface area contributed by atoms with Crippen molar-refractivity contribution in [3.05, 3.63) is 48.2 Å². The Bertz CT molecular complexity index is 1160. The van der Waals surface area contributed by atoms with Gasteiger partial charge in [0.25, 0.3) is 0 Å². The number of fused-ring (bicyclic) bond motifs is 1. The van der Waals surface area contributed by atoms with Crippen LogP contribution in [0.5, 0.6) is 0 Å². The molecule has 2 unspecified atom stereocenters. The van der Waals surface area contributed by atoms with Crippen LogP contribution < -0.4 is 5.32 Å². The van der Waals surface area contributed by atoms with E-state index in [0.717, 1.165) is 6.26 Å². The maximum Gasteiger partial charge on any atom is 0.233 e. The van der Waals surface area contributed by atoms with Crippen molar-refractivity contribution in [1.29, 1.82) is 0 Å². The van der Waals surface area contributed by atoms with E-state index in [9.17, 15) is 22.0 Å². The summed E-state index contributed by atoms with van der Waals surface area (Å²) in [4.78, 5) is 22.5. The number of anilines is 1. The monoisotopic (exact) mass is 465 g/mol. The standard InChI is InChI=1S/C21H21F2N3O3S2/c1-31(28,29)14-6-4-13(5-7-14)15(9-12-10-16(22)17(23)11-12)19(27)26-21-25-18-3-2-8-24-20(18)30-21/h2-8,12,15-17H,9-11H2,1H3,(H,25,26,27)/t12?,15?,16-,17+. The zero-order valence-corrected chi connectivity index (χ0v) is 18.3. The molecule has 2 aromatic heterocycles. The minimum absolute atomic E-state index is 0.0669. The van der Waals surface area contributed by atoms with Gasteiger partial charge in [-0.3, -0.25) is 4.79 Å². The molecule has 0 aliphatic heterocycles. The van der Waals surface area contributed by atoms with Crippen molar-refractivity contribution < 1.29 is 22.0 Å². The first-order valence-electron chi connectivity index (χ1n) is 9.81.